The number of carbonyl (C=O) groups is 1. The van der Waals surface area contributed by atoms with Crippen molar-refractivity contribution in [3.05, 3.63) is 94.5 Å². The number of hydrogen-bond acceptors (Lipinski definition) is 6. The average molecular weight is 491 g/mol. The molecule has 0 aliphatic rings. The molecular formula is C23H19BrN6O2. The zero-order valence-corrected chi connectivity index (χ0v) is 18.5. The number of amides is 1. The normalized spacial score (nSPS) is 10.9. The van der Waals surface area contributed by atoms with Gasteiger partial charge < -0.3 is 4.74 Å². The molecule has 1 amide bonds. The number of hydrazone groups is 1. The third-order valence-electron chi connectivity index (χ3n) is 4.37. The number of carbonyl (C=O) groups excluding carboxylic acids is 1. The fraction of sp³-hybridized carbons (Fsp3) is 0.0870. The Morgan fingerprint density at radius 3 is 2.59 bits per heavy atom. The van der Waals surface area contributed by atoms with Gasteiger partial charge >= 0.3 is 0 Å². The van der Waals surface area contributed by atoms with Crippen molar-refractivity contribution in [3.63, 3.8) is 0 Å². The van der Waals surface area contributed by atoms with Crippen LogP contribution in [-0.4, -0.2) is 32.3 Å². The molecule has 1 N–H and O–H groups in total. The molecule has 0 radical (unpaired) electrons. The number of tetrazole rings is 1. The minimum absolute atomic E-state index is 0.104. The van der Waals surface area contributed by atoms with Gasteiger partial charge in [0.05, 0.1) is 6.21 Å². The van der Waals surface area contributed by atoms with E-state index in [-0.39, 0.29) is 12.5 Å². The molecule has 4 aromatic rings. The lowest BCUT2D eigenvalue weighted by Crippen LogP contribution is -2.24. The van der Waals surface area contributed by atoms with Gasteiger partial charge in [-0.1, -0.05) is 76.6 Å². The molecule has 0 saturated carbocycles. The zero-order valence-electron chi connectivity index (χ0n) is 16.9. The van der Waals surface area contributed by atoms with Gasteiger partial charge in [0, 0.05) is 15.6 Å². The maximum Gasteiger partial charge on any atom is 0.263 e. The summed E-state index contributed by atoms with van der Waals surface area (Å²) in [5, 5.41) is 16.2. The van der Waals surface area contributed by atoms with Crippen molar-refractivity contribution >= 4 is 28.1 Å². The number of ether oxygens (including phenoxy) is 1. The first-order valence-electron chi connectivity index (χ1n) is 9.79. The Labute approximate surface area is 193 Å². The van der Waals surface area contributed by atoms with E-state index in [0.29, 0.717) is 18.2 Å². The first-order valence-corrected chi connectivity index (χ1v) is 10.6. The molecule has 3 aromatic carbocycles. The summed E-state index contributed by atoms with van der Waals surface area (Å²) in [6, 6.07) is 24.9. The van der Waals surface area contributed by atoms with E-state index in [2.05, 4.69) is 41.9 Å². The van der Waals surface area contributed by atoms with Gasteiger partial charge in [0.15, 0.2) is 0 Å². The second kappa shape index (κ2) is 10.5. The average Bonchev–Trinajstić information content (AvgIpc) is 3.28. The van der Waals surface area contributed by atoms with Crippen molar-refractivity contribution in [3.8, 4) is 17.1 Å². The minimum atomic E-state index is -0.375. The molecule has 4 rings (SSSR count). The minimum Gasteiger partial charge on any atom is -0.488 e. The van der Waals surface area contributed by atoms with E-state index in [1.54, 1.807) is 0 Å². The lowest BCUT2D eigenvalue weighted by Gasteiger charge is -2.09. The van der Waals surface area contributed by atoms with Crippen LogP contribution in [0.4, 0.5) is 0 Å². The van der Waals surface area contributed by atoms with Gasteiger partial charge in [0.2, 0.25) is 5.82 Å². The highest BCUT2D eigenvalue weighted by molar-refractivity contribution is 9.10. The van der Waals surface area contributed by atoms with E-state index in [9.17, 15) is 4.79 Å². The number of nitrogens with one attached hydrogen (secondary N) is 1. The van der Waals surface area contributed by atoms with Crippen LogP contribution in [0, 0.1) is 0 Å². The van der Waals surface area contributed by atoms with Crippen LogP contribution < -0.4 is 10.2 Å². The SMILES string of the molecule is O=C(Cn1nnc(-c2ccccc2)n1)N/N=C/c1cc(Br)ccc1OCc1ccccc1. The van der Waals surface area contributed by atoms with Gasteiger partial charge in [0.1, 0.15) is 18.9 Å². The number of hydrogen-bond donors (Lipinski definition) is 1. The highest BCUT2D eigenvalue weighted by Crippen LogP contribution is 2.22. The Hall–Kier alpha value is -3.85. The Morgan fingerprint density at radius 2 is 1.81 bits per heavy atom. The van der Waals surface area contributed by atoms with Crippen molar-refractivity contribution in [2.75, 3.05) is 0 Å². The van der Waals surface area contributed by atoms with Crippen molar-refractivity contribution in [2.24, 2.45) is 5.10 Å². The fourth-order valence-corrected chi connectivity index (χ4v) is 3.22. The molecule has 0 aliphatic heterocycles. The third kappa shape index (κ3) is 5.86. The molecule has 0 atom stereocenters. The van der Waals surface area contributed by atoms with Crippen LogP contribution in [0.5, 0.6) is 5.75 Å². The van der Waals surface area contributed by atoms with Crippen LogP contribution in [0.2, 0.25) is 0 Å². The Kier molecular flexibility index (Phi) is 6.98. The maximum atomic E-state index is 12.2. The second-order valence-corrected chi connectivity index (χ2v) is 7.67. The van der Waals surface area contributed by atoms with Crippen LogP contribution in [0.3, 0.4) is 0 Å². The predicted octanol–water partition coefficient (Wildman–Crippen LogP) is 3.83. The number of rotatable bonds is 8. The Morgan fingerprint density at radius 1 is 1.06 bits per heavy atom. The van der Waals surface area contributed by atoms with Crippen LogP contribution in [0.1, 0.15) is 11.1 Å². The molecule has 8 nitrogen and oxygen atoms in total. The summed E-state index contributed by atoms with van der Waals surface area (Å²) >= 11 is 3.45. The maximum absolute atomic E-state index is 12.2. The van der Waals surface area contributed by atoms with Gasteiger partial charge in [-0.3, -0.25) is 4.79 Å². The largest absolute Gasteiger partial charge is 0.488 e. The third-order valence-corrected chi connectivity index (χ3v) is 4.86. The van der Waals surface area contributed by atoms with E-state index in [4.69, 9.17) is 4.74 Å². The first kappa shape index (κ1) is 21.4. The van der Waals surface area contributed by atoms with Gasteiger partial charge in [-0.2, -0.15) is 9.90 Å². The topological polar surface area (TPSA) is 94.3 Å². The molecule has 0 spiro atoms. The Balaban J connectivity index is 1.36. The van der Waals surface area contributed by atoms with E-state index >= 15 is 0 Å². The number of nitrogens with zero attached hydrogens (tertiary/aromatic N) is 5. The van der Waals surface area contributed by atoms with Crippen molar-refractivity contribution in [1.29, 1.82) is 0 Å². The molecule has 0 unspecified atom stereocenters. The van der Waals surface area contributed by atoms with E-state index in [0.717, 1.165) is 21.2 Å². The number of halogens is 1. The lowest BCUT2D eigenvalue weighted by atomic mass is 10.2. The molecule has 9 heteroatoms. The Bertz CT molecular complexity index is 1210. The molecule has 0 bridgehead atoms. The number of benzene rings is 3. The molecule has 0 aliphatic carbocycles. The lowest BCUT2D eigenvalue weighted by molar-refractivity contribution is -0.122. The van der Waals surface area contributed by atoms with Gasteiger partial charge in [-0.25, -0.2) is 5.43 Å². The molecule has 1 heterocycles. The van der Waals surface area contributed by atoms with Crippen molar-refractivity contribution < 1.29 is 9.53 Å². The van der Waals surface area contributed by atoms with E-state index < -0.39 is 0 Å². The van der Waals surface area contributed by atoms with Crippen LogP contribution in [-0.2, 0) is 17.9 Å². The molecular weight excluding hydrogens is 472 g/mol. The van der Waals surface area contributed by atoms with Crippen LogP contribution in [0.15, 0.2) is 88.4 Å². The van der Waals surface area contributed by atoms with Crippen LogP contribution in [0.25, 0.3) is 11.4 Å². The summed E-state index contributed by atoms with van der Waals surface area (Å²) < 4.78 is 6.79. The monoisotopic (exact) mass is 490 g/mol. The predicted molar refractivity (Wildman–Crippen MR) is 124 cm³/mol. The molecule has 0 saturated heterocycles. The van der Waals surface area contributed by atoms with Gasteiger partial charge in [0.25, 0.3) is 5.91 Å². The molecule has 1 aromatic heterocycles. The highest BCUT2D eigenvalue weighted by atomic mass is 79.9. The summed E-state index contributed by atoms with van der Waals surface area (Å²) in [6.07, 6.45) is 1.53. The summed E-state index contributed by atoms with van der Waals surface area (Å²) in [5.41, 5.74) is 5.09. The van der Waals surface area contributed by atoms with E-state index in [1.165, 1.54) is 11.0 Å². The van der Waals surface area contributed by atoms with E-state index in [1.807, 2.05) is 78.9 Å². The smallest absolute Gasteiger partial charge is 0.263 e. The standard InChI is InChI=1S/C23H19BrN6O2/c24-20-11-12-21(32-16-17-7-3-1-4-8-17)19(13-20)14-25-26-22(31)15-30-28-23(27-29-30)18-9-5-2-6-10-18/h1-14H,15-16H2,(H,26,31)/b25-14+. The van der Waals surface area contributed by atoms with Crippen molar-refractivity contribution in [2.45, 2.75) is 13.2 Å². The first-order chi connectivity index (χ1) is 15.7. The van der Waals surface area contributed by atoms with Gasteiger partial charge in [-0.15, -0.1) is 10.2 Å². The molecule has 0 fully saturated rings. The number of aromatic nitrogens is 4. The molecule has 32 heavy (non-hydrogen) atoms. The van der Waals surface area contributed by atoms with Crippen molar-refractivity contribution in [1.82, 2.24) is 25.6 Å². The second-order valence-electron chi connectivity index (χ2n) is 6.76. The fourth-order valence-electron chi connectivity index (χ4n) is 2.84. The van der Waals surface area contributed by atoms with Gasteiger partial charge in [-0.05, 0) is 29.0 Å². The summed E-state index contributed by atoms with van der Waals surface area (Å²) in [6.45, 7) is 0.324. The summed E-state index contributed by atoms with van der Waals surface area (Å²) in [4.78, 5) is 13.4. The van der Waals surface area contributed by atoms with Crippen LogP contribution >= 0.6 is 15.9 Å². The zero-order chi connectivity index (χ0) is 22.2. The molecule has 160 valence electrons. The quantitative estimate of drug-likeness (QED) is 0.299. The summed E-state index contributed by atoms with van der Waals surface area (Å²) in [5.74, 6) is 0.733. The highest BCUT2D eigenvalue weighted by Gasteiger charge is 2.09. The summed E-state index contributed by atoms with van der Waals surface area (Å²) in [7, 11) is 0.